The molecule has 2 heterocycles. The van der Waals surface area contributed by atoms with Crippen molar-refractivity contribution in [3.8, 4) is 10.4 Å². The highest BCUT2D eigenvalue weighted by Crippen LogP contribution is 2.37. The number of thiophene rings is 1. The summed E-state index contributed by atoms with van der Waals surface area (Å²) in [5, 5.41) is 0.870. The van der Waals surface area contributed by atoms with Gasteiger partial charge in [-0.15, -0.1) is 23.1 Å². The van der Waals surface area contributed by atoms with E-state index in [1.165, 1.54) is 18.2 Å². The van der Waals surface area contributed by atoms with Crippen LogP contribution in [0.1, 0.15) is 22.9 Å². The van der Waals surface area contributed by atoms with Crippen LogP contribution >= 0.6 is 23.1 Å². The molecule has 0 spiro atoms. The Morgan fingerprint density at radius 1 is 1.12 bits per heavy atom. The maximum Gasteiger partial charge on any atom is 0.430 e. The summed E-state index contributed by atoms with van der Waals surface area (Å²) in [6.07, 6.45) is -7.39. The third kappa shape index (κ3) is 6.20. The summed E-state index contributed by atoms with van der Waals surface area (Å²) in [6.45, 7) is 3.90. The van der Waals surface area contributed by atoms with Crippen molar-refractivity contribution in [3.05, 3.63) is 76.4 Å². The number of hydrogen-bond donors (Lipinski definition) is 1. The molecule has 0 amide bonds. The molecule has 0 radical (unpaired) electrons. The Hall–Kier alpha value is -2.79. The minimum absolute atomic E-state index is 0.226. The van der Waals surface area contributed by atoms with Gasteiger partial charge in [-0.2, -0.15) is 26.3 Å². The molecule has 0 bridgehead atoms. The molecule has 11 heteroatoms. The van der Waals surface area contributed by atoms with Crippen LogP contribution in [0.15, 0.2) is 70.5 Å². The Labute approximate surface area is 200 Å². The van der Waals surface area contributed by atoms with Gasteiger partial charge in [-0.1, -0.05) is 19.1 Å². The normalized spacial score (nSPS) is 13.4. The van der Waals surface area contributed by atoms with Crippen molar-refractivity contribution in [2.45, 2.75) is 31.2 Å². The van der Waals surface area contributed by atoms with Gasteiger partial charge < -0.3 is 5.73 Å². The number of thioether (sulfide) groups is 1. The zero-order chi connectivity index (χ0) is 25.1. The number of aryl methyl sites for hydroxylation is 1. The predicted molar refractivity (Wildman–Crippen MR) is 125 cm³/mol. The molecule has 0 aliphatic rings. The monoisotopic (exact) mass is 515 g/mol. The second-order valence-electron chi connectivity index (χ2n) is 7.05. The Kier molecular flexibility index (Phi) is 7.77. The first-order valence-corrected chi connectivity index (χ1v) is 11.7. The molecule has 2 aromatic heterocycles. The lowest BCUT2D eigenvalue weighted by atomic mass is 10.1. The first kappa shape index (κ1) is 25.8. The van der Waals surface area contributed by atoms with Gasteiger partial charge >= 0.3 is 12.4 Å². The zero-order valence-corrected chi connectivity index (χ0v) is 19.6. The van der Waals surface area contributed by atoms with Crippen LogP contribution in [0.25, 0.3) is 10.4 Å². The van der Waals surface area contributed by atoms with Crippen molar-refractivity contribution in [1.29, 1.82) is 0 Å². The van der Waals surface area contributed by atoms with Gasteiger partial charge in [0.2, 0.25) is 0 Å². The smallest absolute Gasteiger partial charge is 0.395 e. The summed E-state index contributed by atoms with van der Waals surface area (Å²) in [6, 6.07) is 9.47. The van der Waals surface area contributed by atoms with Crippen LogP contribution in [0.5, 0.6) is 0 Å². The SMILES string of the molecule is CCSc1ncc(-c2ccc(C(C=C(N)C(F)(F)F)=Nc3ccccc3C(F)(F)F)s2)cc1C. The third-order valence-corrected chi connectivity index (χ3v) is 6.67. The standard InChI is InChI=1S/C23H19F6N3S2/c1-3-33-21-13(2)10-14(12-31-21)18-8-9-19(34-18)17(11-20(30)23(27,28)29)32-16-7-5-4-6-15(16)22(24,25)26/h4-12H,3,30H2,1-2H3. The molecule has 0 fully saturated rings. The first-order chi connectivity index (χ1) is 15.9. The fraction of sp³-hybridized carbons (Fsp3) is 0.217. The fourth-order valence-electron chi connectivity index (χ4n) is 2.94. The predicted octanol–water partition coefficient (Wildman–Crippen LogP) is 7.78. The average molecular weight is 516 g/mol. The lowest BCUT2D eigenvalue weighted by molar-refractivity contribution is -0.137. The first-order valence-electron chi connectivity index (χ1n) is 9.89. The number of benzene rings is 1. The number of halogens is 6. The number of para-hydroxylation sites is 1. The Balaban J connectivity index is 2.11. The molecular weight excluding hydrogens is 496 g/mol. The van der Waals surface area contributed by atoms with Gasteiger partial charge in [0.15, 0.2) is 0 Å². The highest BCUT2D eigenvalue weighted by Gasteiger charge is 2.34. The van der Waals surface area contributed by atoms with Crippen molar-refractivity contribution in [3.63, 3.8) is 0 Å². The molecule has 0 aliphatic carbocycles. The van der Waals surface area contributed by atoms with Crippen LogP contribution in [0.4, 0.5) is 32.0 Å². The Bertz CT molecular complexity index is 1230. The highest BCUT2D eigenvalue weighted by atomic mass is 32.2. The van der Waals surface area contributed by atoms with Crippen LogP contribution in [0, 0.1) is 6.92 Å². The maximum absolute atomic E-state index is 13.4. The molecule has 3 aromatic rings. The number of allylic oxidation sites excluding steroid dienone is 2. The zero-order valence-electron chi connectivity index (χ0n) is 18.0. The number of aromatic nitrogens is 1. The molecule has 3 rings (SSSR count). The van der Waals surface area contributed by atoms with E-state index < -0.39 is 29.3 Å². The summed E-state index contributed by atoms with van der Waals surface area (Å²) >= 11 is 2.66. The molecule has 0 atom stereocenters. The average Bonchev–Trinajstić information content (AvgIpc) is 3.24. The van der Waals surface area contributed by atoms with Crippen molar-refractivity contribution in [1.82, 2.24) is 4.98 Å². The van der Waals surface area contributed by atoms with Gasteiger partial charge in [-0.05, 0) is 54.6 Å². The summed E-state index contributed by atoms with van der Waals surface area (Å²) in [7, 11) is 0. The molecule has 2 N–H and O–H groups in total. The number of nitrogens with zero attached hydrogens (tertiary/aromatic N) is 2. The van der Waals surface area contributed by atoms with E-state index in [9.17, 15) is 26.3 Å². The number of hydrogen-bond acceptors (Lipinski definition) is 5. The van der Waals surface area contributed by atoms with Gasteiger partial charge in [0.1, 0.15) is 5.70 Å². The van der Waals surface area contributed by atoms with Gasteiger partial charge in [0, 0.05) is 16.6 Å². The van der Waals surface area contributed by atoms with Crippen molar-refractivity contribution in [2.24, 2.45) is 10.7 Å². The summed E-state index contributed by atoms with van der Waals surface area (Å²) in [5.41, 5.74) is 3.48. The van der Waals surface area contributed by atoms with Gasteiger partial charge in [-0.3, -0.25) is 0 Å². The number of rotatable bonds is 6. The molecular formula is C23H19F6N3S2. The number of pyridine rings is 1. The molecule has 0 saturated heterocycles. The van der Waals surface area contributed by atoms with Crippen LogP contribution in [-0.2, 0) is 6.18 Å². The van der Waals surface area contributed by atoms with Crippen molar-refractivity contribution >= 4 is 34.5 Å². The summed E-state index contributed by atoms with van der Waals surface area (Å²) in [5.74, 6) is 0.850. The van der Waals surface area contributed by atoms with Gasteiger partial charge in [-0.25, -0.2) is 9.98 Å². The second-order valence-corrected chi connectivity index (χ2v) is 9.39. The number of aliphatic imine (C=N–C) groups is 1. The van der Waals surface area contributed by atoms with E-state index in [1.807, 2.05) is 19.9 Å². The van der Waals surface area contributed by atoms with Crippen LogP contribution in [0.2, 0.25) is 0 Å². The highest BCUT2D eigenvalue weighted by molar-refractivity contribution is 7.99. The third-order valence-electron chi connectivity index (χ3n) is 4.52. The molecule has 3 nitrogen and oxygen atoms in total. The van der Waals surface area contributed by atoms with Crippen molar-refractivity contribution < 1.29 is 26.3 Å². The molecule has 0 saturated carbocycles. The molecule has 34 heavy (non-hydrogen) atoms. The maximum atomic E-state index is 13.4. The number of nitrogens with two attached hydrogens (primary N) is 1. The minimum atomic E-state index is -4.86. The summed E-state index contributed by atoms with van der Waals surface area (Å²) in [4.78, 5) is 9.26. The fourth-order valence-corrected chi connectivity index (χ4v) is 4.58. The van der Waals surface area contributed by atoms with E-state index in [-0.39, 0.29) is 10.6 Å². The topological polar surface area (TPSA) is 51.3 Å². The minimum Gasteiger partial charge on any atom is -0.395 e. The van der Waals surface area contributed by atoms with E-state index in [2.05, 4.69) is 9.98 Å². The molecule has 1 aromatic carbocycles. The van der Waals surface area contributed by atoms with Crippen molar-refractivity contribution in [2.75, 3.05) is 5.75 Å². The number of alkyl halides is 6. The van der Waals surface area contributed by atoms with E-state index in [1.54, 1.807) is 24.0 Å². The van der Waals surface area contributed by atoms with Crippen LogP contribution in [-0.4, -0.2) is 22.6 Å². The Morgan fingerprint density at radius 3 is 2.44 bits per heavy atom. The van der Waals surface area contributed by atoms with E-state index in [0.717, 1.165) is 45.4 Å². The quantitative estimate of drug-likeness (QED) is 0.207. The lowest BCUT2D eigenvalue weighted by Gasteiger charge is -2.11. The molecule has 0 unspecified atom stereocenters. The lowest BCUT2D eigenvalue weighted by Crippen LogP contribution is -2.20. The molecule has 0 aliphatic heterocycles. The summed E-state index contributed by atoms with van der Waals surface area (Å²) < 4.78 is 79.6. The largest absolute Gasteiger partial charge is 0.430 e. The van der Waals surface area contributed by atoms with E-state index in [4.69, 9.17) is 5.73 Å². The van der Waals surface area contributed by atoms with Gasteiger partial charge in [0.25, 0.3) is 0 Å². The Morgan fingerprint density at radius 2 is 1.82 bits per heavy atom. The van der Waals surface area contributed by atoms with E-state index in [0.29, 0.717) is 11.0 Å². The van der Waals surface area contributed by atoms with Crippen LogP contribution < -0.4 is 5.73 Å². The van der Waals surface area contributed by atoms with E-state index >= 15 is 0 Å². The molecule has 180 valence electrons. The van der Waals surface area contributed by atoms with Gasteiger partial charge in [0.05, 0.1) is 26.9 Å². The second kappa shape index (κ2) is 10.2. The van der Waals surface area contributed by atoms with Crippen LogP contribution in [0.3, 0.4) is 0 Å².